The summed E-state index contributed by atoms with van der Waals surface area (Å²) in [7, 11) is 1.97. The third-order valence-corrected chi connectivity index (χ3v) is 4.48. The second-order valence-corrected chi connectivity index (χ2v) is 6.19. The van der Waals surface area contributed by atoms with Crippen LogP contribution in [0.25, 0.3) is 0 Å². The zero-order chi connectivity index (χ0) is 17.1. The highest BCUT2D eigenvalue weighted by molar-refractivity contribution is 5.20. The van der Waals surface area contributed by atoms with E-state index in [4.69, 9.17) is 0 Å². The molecule has 0 bridgehead atoms. The highest BCUT2D eigenvalue weighted by Gasteiger charge is 2.19. The third-order valence-electron chi connectivity index (χ3n) is 4.48. The van der Waals surface area contributed by atoms with Crippen molar-refractivity contribution in [3.63, 3.8) is 0 Å². The van der Waals surface area contributed by atoms with Crippen LogP contribution in [0, 0.1) is 17.5 Å². The first-order valence-corrected chi connectivity index (χ1v) is 8.08. The Bertz CT molecular complexity index is 701. The van der Waals surface area contributed by atoms with E-state index in [1.165, 1.54) is 6.07 Å². The van der Waals surface area contributed by atoms with Crippen LogP contribution in [0.1, 0.15) is 17.8 Å². The zero-order valence-corrected chi connectivity index (χ0v) is 13.7. The van der Waals surface area contributed by atoms with Crippen LogP contribution < -0.4 is 0 Å². The summed E-state index contributed by atoms with van der Waals surface area (Å²) < 4.78 is 42.2. The topological polar surface area (TPSA) is 24.3 Å². The molecule has 1 saturated heterocycles. The molecule has 0 unspecified atom stereocenters. The molecule has 1 fully saturated rings. The van der Waals surface area contributed by atoms with Crippen LogP contribution in [0.4, 0.5) is 13.2 Å². The Hall–Kier alpha value is -1.86. The number of aromatic nitrogens is 2. The van der Waals surface area contributed by atoms with E-state index in [2.05, 4.69) is 14.8 Å². The predicted molar refractivity (Wildman–Crippen MR) is 84.7 cm³/mol. The number of nitrogens with zero attached hydrogens (tertiary/aromatic N) is 4. The van der Waals surface area contributed by atoms with Crippen LogP contribution in [-0.4, -0.2) is 45.5 Å². The minimum atomic E-state index is -1.39. The van der Waals surface area contributed by atoms with Gasteiger partial charge in [-0.05, 0) is 25.6 Å². The van der Waals surface area contributed by atoms with Crippen molar-refractivity contribution in [3.05, 3.63) is 53.4 Å². The fourth-order valence-corrected chi connectivity index (χ4v) is 3.02. The summed E-state index contributed by atoms with van der Waals surface area (Å²) in [6.45, 7) is 4.39. The second kappa shape index (κ2) is 7.36. The molecule has 0 N–H and O–H groups in total. The van der Waals surface area contributed by atoms with E-state index >= 15 is 0 Å². The minimum absolute atomic E-state index is 0.200. The molecule has 2 heterocycles. The van der Waals surface area contributed by atoms with E-state index in [-0.39, 0.29) is 5.56 Å². The Morgan fingerprint density at radius 1 is 0.958 bits per heavy atom. The quantitative estimate of drug-likeness (QED) is 0.801. The minimum Gasteiger partial charge on any atom is -0.337 e. The standard InChI is InChI=1S/C17H21F3N4/c1-22-8-5-21-15(22)12-24-7-2-6-23(9-10-24)11-13-3-4-14(18)17(20)16(13)19/h3-5,8H,2,6-7,9-12H2,1H3. The number of hydrogen-bond donors (Lipinski definition) is 0. The van der Waals surface area contributed by atoms with Crippen molar-refractivity contribution < 1.29 is 13.2 Å². The molecular formula is C17H21F3N4. The molecular weight excluding hydrogens is 317 g/mol. The molecule has 4 nitrogen and oxygen atoms in total. The Morgan fingerprint density at radius 3 is 2.33 bits per heavy atom. The van der Waals surface area contributed by atoms with Crippen molar-refractivity contribution >= 4 is 0 Å². The van der Waals surface area contributed by atoms with E-state index in [0.717, 1.165) is 51.0 Å². The Kier molecular flexibility index (Phi) is 5.20. The van der Waals surface area contributed by atoms with Gasteiger partial charge in [0.15, 0.2) is 17.5 Å². The lowest BCUT2D eigenvalue weighted by Gasteiger charge is -2.22. The number of hydrogen-bond acceptors (Lipinski definition) is 3. The summed E-state index contributed by atoms with van der Waals surface area (Å²) in [6.07, 6.45) is 4.65. The highest BCUT2D eigenvalue weighted by atomic mass is 19.2. The molecule has 0 spiro atoms. The summed E-state index contributed by atoms with van der Waals surface area (Å²) in [5, 5.41) is 0. The number of halogens is 3. The van der Waals surface area contributed by atoms with Crippen LogP contribution in [0.15, 0.2) is 24.5 Å². The molecule has 0 amide bonds. The van der Waals surface area contributed by atoms with E-state index in [9.17, 15) is 13.2 Å². The zero-order valence-electron chi connectivity index (χ0n) is 13.7. The molecule has 1 aliphatic rings. The van der Waals surface area contributed by atoms with Gasteiger partial charge in [-0.25, -0.2) is 18.2 Å². The van der Waals surface area contributed by atoms with Gasteiger partial charge in [-0.15, -0.1) is 0 Å². The van der Waals surface area contributed by atoms with E-state index in [0.29, 0.717) is 6.54 Å². The molecule has 1 aromatic heterocycles. The average Bonchev–Trinajstić information content (AvgIpc) is 2.83. The maximum absolute atomic E-state index is 13.8. The second-order valence-electron chi connectivity index (χ2n) is 6.19. The molecule has 0 aliphatic carbocycles. The summed E-state index contributed by atoms with van der Waals surface area (Å²) in [6, 6.07) is 2.31. The van der Waals surface area contributed by atoms with Gasteiger partial charge in [0, 0.05) is 44.6 Å². The van der Waals surface area contributed by atoms with E-state index < -0.39 is 17.5 Å². The van der Waals surface area contributed by atoms with Crippen molar-refractivity contribution in [2.75, 3.05) is 26.2 Å². The van der Waals surface area contributed by atoms with Crippen molar-refractivity contribution in [2.45, 2.75) is 19.5 Å². The summed E-state index contributed by atoms with van der Waals surface area (Å²) >= 11 is 0. The normalized spacial score (nSPS) is 17.2. The first-order valence-electron chi connectivity index (χ1n) is 8.08. The lowest BCUT2D eigenvalue weighted by atomic mass is 10.2. The molecule has 0 radical (unpaired) electrons. The van der Waals surface area contributed by atoms with Gasteiger partial charge in [-0.1, -0.05) is 6.07 Å². The summed E-state index contributed by atoms with van der Waals surface area (Å²) in [5.74, 6) is -2.61. The van der Waals surface area contributed by atoms with Crippen molar-refractivity contribution in [2.24, 2.45) is 7.05 Å². The molecule has 130 valence electrons. The lowest BCUT2D eigenvalue weighted by molar-refractivity contribution is 0.240. The largest absolute Gasteiger partial charge is 0.337 e. The van der Waals surface area contributed by atoms with Gasteiger partial charge in [0.1, 0.15) is 5.82 Å². The monoisotopic (exact) mass is 338 g/mol. The first kappa shape index (κ1) is 17.0. The summed E-state index contributed by atoms with van der Waals surface area (Å²) in [4.78, 5) is 8.72. The van der Waals surface area contributed by atoms with Gasteiger partial charge in [0.05, 0.1) is 6.54 Å². The van der Waals surface area contributed by atoms with Crippen LogP contribution in [0.2, 0.25) is 0 Å². The molecule has 1 aliphatic heterocycles. The Morgan fingerprint density at radius 2 is 1.67 bits per heavy atom. The number of benzene rings is 1. The summed E-state index contributed by atoms with van der Waals surface area (Å²) in [5.41, 5.74) is 0.200. The van der Waals surface area contributed by atoms with Crippen molar-refractivity contribution in [3.8, 4) is 0 Å². The number of imidazole rings is 1. The van der Waals surface area contributed by atoms with Gasteiger partial charge in [0.2, 0.25) is 0 Å². The van der Waals surface area contributed by atoms with Gasteiger partial charge in [-0.3, -0.25) is 9.80 Å². The molecule has 0 saturated carbocycles. The van der Waals surface area contributed by atoms with Gasteiger partial charge >= 0.3 is 0 Å². The number of rotatable bonds is 4. The molecule has 3 rings (SSSR count). The van der Waals surface area contributed by atoms with Crippen molar-refractivity contribution in [1.82, 2.24) is 19.4 Å². The SMILES string of the molecule is Cn1ccnc1CN1CCCN(Cc2ccc(F)c(F)c2F)CC1. The van der Waals surface area contributed by atoms with Gasteiger partial charge in [0.25, 0.3) is 0 Å². The fraction of sp³-hybridized carbons (Fsp3) is 0.471. The highest BCUT2D eigenvalue weighted by Crippen LogP contribution is 2.18. The van der Waals surface area contributed by atoms with E-state index in [1.807, 2.05) is 17.8 Å². The van der Waals surface area contributed by atoms with Crippen LogP contribution >= 0.6 is 0 Å². The Labute approximate surface area is 139 Å². The maximum Gasteiger partial charge on any atom is 0.194 e. The molecule has 2 aromatic rings. The smallest absolute Gasteiger partial charge is 0.194 e. The predicted octanol–water partition coefficient (Wildman–Crippen LogP) is 2.55. The van der Waals surface area contributed by atoms with Crippen molar-refractivity contribution in [1.29, 1.82) is 0 Å². The maximum atomic E-state index is 13.8. The van der Waals surface area contributed by atoms with E-state index in [1.54, 1.807) is 6.20 Å². The molecule has 1 aromatic carbocycles. The van der Waals surface area contributed by atoms with Crippen LogP contribution in [-0.2, 0) is 20.1 Å². The van der Waals surface area contributed by atoms with Gasteiger partial charge in [-0.2, -0.15) is 0 Å². The first-order chi connectivity index (χ1) is 11.5. The van der Waals surface area contributed by atoms with Crippen LogP contribution in [0.5, 0.6) is 0 Å². The third kappa shape index (κ3) is 3.79. The van der Waals surface area contributed by atoms with Crippen LogP contribution in [0.3, 0.4) is 0 Å². The lowest BCUT2D eigenvalue weighted by Crippen LogP contribution is -2.31. The Balaban J connectivity index is 1.60. The molecule has 0 atom stereocenters. The molecule has 24 heavy (non-hydrogen) atoms. The van der Waals surface area contributed by atoms with Gasteiger partial charge < -0.3 is 4.57 Å². The average molecular weight is 338 g/mol. The molecule has 7 heteroatoms. The fourth-order valence-electron chi connectivity index (χ4n) is 3.02. The number of aryl methyl sites for hydroxylation is 1.